The summed E-state index contributed by atoms with van der Waals surface area (Å²) in [4.78, 5) is 2.69. The van der Waals surface area contributed by atoms with Gasteiger partial charge in [-0.3, -0.25) is 4.90 Å². The van der Waals surface area contributed by atoms with Crippen LogP contribution < -0.4 is 9.46 Å². The molecule has 1 fully saturated rings. The maximum Gasteiger partial charge on any atom is 0.240 e. The van der Waals surface area contributed by atoms with Gasteiger partial charge in [0.05, 0.1) is 24.2 Å². The molecule has 1 saturated heterocycles. The van der Waals surface area contributed by atoms with E-state index >= 15 is 0 Å². The van der Waals surface area contributed by atoms with Gasteiger partial charge < -0.3 is 9.47 Å². The summed E-state index contributed by atoms with van der Waals surface area (Å²) in [7, 11) is -3.53. The zero-order valence-electron chi connectivity index (χ0n) is 18.8. The lowest BCUT2D eigenvalue weighted by Crippen LogP contribution is -2.39. The summed E-state index contributed by atoms with van der Waals surface area (Å²) in [5.74, 6) is 0.765. The van der Waals surface area contributed by atoms with Gasteiger partial charge in [-0.15, -0.1) is 0 Å². The average Bonchev–Trinajstić information content (AvgIpc) is 2.76. The van der Waals surface area contributed by atoms with Crippen LogP contribution in [0.5, 0.6) is 5.75 Å². The van der Waals surface area contributed by atoms with Gasteiger partial charge in [0.25, 0.3) is 0 Å². The molecule has 0 radical (unpaired) electrons. The number of sulfonamides is 1. The normalized spacial score (nSPS) is 17.6. The topological polar surface area (TPSA) is 67.9 Å². The first kappa shape index (κ1) is 23.7. The van der Waals surface area contributed by atoms with Crippen molar-refractivity contribution in [2.24, 2.45) is 0 Å². The van der Waals surface area contributed by atoms with Crippen LogP contribution in [0.1, 0.15) is 42.6 Å². The van der Waals surface area contributed by atoms with Gasteiger partial charge in [-0.2, -0.15) is 0 Å². The van der Waals surface area contributed by atoms with Gasteiger partial charge in [0, 0.05) is 19.6 Å². The summed E-state index contributed by atoms with van der Waals surface area (Å²) in [6.07, 6.45) is 1.84. The van der Waals surface area contributed by atoms with Crippen LogP contribution in [-0.4, -0.2) is 52.7 Å². The van der Waals surface area contributed by atoms with Gasteiger partial charge in [-0.05, 0) is 69.0 Å². The van der Waals surface area contributed by atoms with Crippen LogP contribution in [0, 0.1) is 13.8 Å². The lowest BCUT2D eigenvalue weighted by atomic mass is 10.1. The number of hydrogen-bond donors (Lipinski definition) is 1. The number of benzene rings is 2. The highest BCUT2D eigenvalue weighted by atomic mass is 32.2. The molecule has 1 N–H and O–H groups in total. The van der Waals surface area contributed by atoms with Crippen molar-refractivity contribution in [2.45, 2.75) is 44.6 Å². The van der Waals surface area contributed by atoms with E-state index in [4.69, 9.17) is 9.47 Å². The van der Waals surface area contributed by atoms with Crippen molar-refractivity contribution in [3.05, 3.63) is 59.2 Å². The second-order valence-corrected chi connectivity index (χ2v) is 9.76. The largest absolute Gasteiger partial charge is 0.493 e. The smallest absolute Gasteiger partial charge is 0.240 e. The fourth-order valence-corrected chi connectivity index (χ4v) is 5.21. The van der Waals surface area contributed by atoms with Crippen LogP contribution in [0.2, 0.25) is 0 Å². The molecule has 2 aromatic rings. The molecular weight excluding hydrogens is 412 g/mol. The Hall–Kier alpha value is -1.93. The Morgan fingerprint density at radius 3 is 2.52 bits per heavy atom. The minimum atomic E-state index is -3.53. The van der Waals surface area contributed by atoms with Gasteiger partial charge in [0.2, 0.25) is 10.0 Å². The summed E-state index contributed by atoms with van der Waals surface area (Å²) in [5.41, 5.74) is 2.88. The highest BCUT2D eigenvalue weighted by molar-refractivity contribution is 7.89. The lowest BCUT2D eigenvalue weighted by molar-refractivity contribution is -0.0303. The molecule has 1 heterocycles. The van der Waals surface area contributed by atoms with Crippen LogP contribution in [0.3, 0.4) is 0 Å². The first-order valence-corrected chi connectivity index (χ1v) is 12.5. The second-order valence-electron chi connectivity index (χ2n) is 7.99. The number of hydrogen-bond acceptors (Lipinski definition) is 5. The molecule has 7 heteroatoms. The molecule has 0 unspecified atom stereocenters. The molecule has 2 aromatic carbocycles. The number of nitrogens with one attached hydrogen (secondary N) is 1. The first-order valence-electron chi connectivity index (χ1n) is 11.0. The van der Waals surface area contributed by atoms with Gasteiger partial charge >= 0.3 is 0 Å². The molecule has 0 aromatic heterocycles. The number of aryl methyl sites for hydroxylation is 2. The quantitative estimate of drug-likeness (QED) is 0.562. The van der Waals surface area contributed by atoms with Gasteiger partial charge in [-0.25, -0.2) is 13.1 Å². The Bertz CT molecular complexity index is 924. The van der Waals surface area contributed by atoms with E-state index in [1.54, 1.807) is 12.1 Å². The number of unbranched alkanes of at least 4 members (excludes halogenated alkanes) is 1. The van der Waals surface area contributed by atoms with Crippen molar-refractivity contribution in [2.75, 3.05) is 39.4 Å². The monoisotopic (exact) mass is 446 g/mol. The van der Waals surface area contributed by atoms with E-state index in [9.17, 15) is 8.42 Å². The van der Waals surface area contributed by atoms with Gasteiger partial charge in [0.15, 0.2) is 0 Å². The first-order chi connectivity index (χ1) is 14.9. The van der Waals surface area contributed by atoms with Gasteiger partial charge in [-0.1, -0.05) is 30.3 Å². The number of ether oxygens (including phenoxy) is 2. The van der Waals surface area contributed by atoms with E-state index in [1.165, 1.54) is 5.56 Å². The molecule has 31 heavy (non-hydrogen) atoms. The van der Waals surface area contributed by atoms with Crippen LogP contribution in [0.15, 0.2) is 47.4 Å². The van der Waals surface area contributed by atoms with Crippen molar-refractivity contribution in [1.82, 2.24) is 9.62 Å². The zero-order chi connectivity index (χ0) is 22.3. The Kier molecular flexibility index (Phi) is 8.49. The van der Waals surface area contributed by atoms with Crippen molar-refractivity contribution in [1.29, 1.82) is 0 Å². The van der Waals surface area contributed by atoms with E-state index in [1.807, 2.05) is 39.0 Å². The van der Waals surface area contributed by atoms with Crippen LogP contribution >= 0.6 is 0 Å². The molecule has 0 amide bonds. The van der Waals surface area contributed by atoms with Crippen molar-refractivity contribution in [3.63, 3.8) is 0 Å². The number of rotatable bonds is 10. The minimum absolute atomic E-state index is 0.111. The van der Waals surface area contributed by atoms with E-state index in [0.717, 1.165) is 56.0 Å². The Labute approximate surface area is 186 Å². The Balaban J connectivity index is 1.45. The summed E-state index contributed by atoms with van der Waals surface area (Å²) in [6, 6.07) is 13.7. The Morgan fingerprint density at radius 1 is 1.13 bits per heavy atom. The van der Waals surface area contributed by atoms with Crippen LogP contribution in [0.25, 0.3) is 0 Å². The molecule has 1 aliphatic heterocycles. The molecule has 0 spiro atoms. The molecule has 1 aliphatic rings. The molecule has 0 bridgehead atoms. The van der Waals surface area contributed by atoms with E-state index in [0.29, 0.717) is 18.0 Å². The van der Waals surface area contributed by atoms with Gasteiger partial charge in [0.1, 0.15) is 5.75 Å². The van der Waals surface area contributed by atoms with Crippen molar-refractivity contribution < 1.29 is 17.9 Å². The predicted octanol–water partition coefficient (Wildman–Crippen LogP) is 3.83. The molecule has 0 saturated carbocycles. The van der Waals surface area contributed by atoms with E-state index in [2.05, 4.69) is 21.8 Å². The lowest BCUT2D eigenvalue weighted by Gasteiger charge is -2.33. The van der Waals surface area contributed by atoms with Crippen LogP contribution in [0.4, 0.5) is 0 Å². The summed E-state index contributed by atoms with van der Waals surface area (Å²) < 4.78 is 39.7. The minimum Gasteiger partial charge on any atom is -0.493 e. The molecule has 170 valence electrons. The molecule has 3 rings (SSSR count). The maximum absolute atomic E-state index is 12.7. The molecule has 0 aliphatic carbocycles. The SMILES string of the molecule is CCOc1c(C)cc(S(=O)(=O)NCCCCN2CCO[C@@H](c3ccccc3)C2)cc1C. The maximum atomic E-state index is 12.7. The average molecular weight is 447 g/mol. The molecule has 6 nitrogen and oxygen atoms in total. The third-order valence-electron chi connectivity index (χ3n) is 5.55. The second kappa shape index (κ2) is 11.1. The Morgan fingerprint density at radius 2 is 1.84 bits per heavy atom. The fraction of sp³-hybridized carbons (Fsp3) is 0.500. The van der Waals surface area contributed by atoms with Crippen LogP contribution in [-0.2, 0) is 14.8 Å². The zero-order valence-corrected chi connectivity index (χ0v) is 19.6. The van der Waals surface area contributed by atoms with E-state index < -0.39 is 10.0 Å². The fourth-order valence-electron chi connectivity index (χ4n) is 3.96. The molecule has 1 atom stereocenters. The summed E-state index contributed by atoms with van der Waals surface area (Å²) >= 11 is 0. The molecular formula is C24H34N2O4S. The predicted molar refractivity (Wildman–Crippen MR) is 123 cm³/mol. The highest BCUT2D eigenvalue weighted by Gasteiger charge is 2.21. The van der Waals surface area contributed by atoms with E-state index in [-0.39, 0.29) is 6.10 Å². The third-order valence-corrected chi connectivity index (χ3v) is 6.99. The highest BCUT2D eigenvalue weighted by Crippen LogP contribution is 2.27. The standard InChI is InChI=1S/C24H34N2O4S/c1-4-29-24-19(2)16-22(17-20(24)3)31(27,28)25-12-8-9-13-26-14-15-30-23(18-26)21-10-6-5-7-11-21/h5-7,10-11,16-17,23,25H,4,8-9,12-15,18H2,1-3H3/t23-/m1/s1. The van der Waals surface area contributed by atoms with Crippen molar-refractivity contribution in [3.8, 4) is 5.75 Å². The number of nitrogens with zero attached hydrogens (tertiary/aromatic N) is 1. The summed E-state index contributed by atoms with van der Waals surface area (Å²) in [6.45, 7) is 10.1. The van der Waals surface area contributed by atoms with Crippen molar-refractivity contribution >= 4 is 10.0 Å². The summed E-state index contributed by atoms with van der Waals surface area (Å²) in [5, 5.41) is 0. The third kappa shape index (κ3) is 6.53. The number of morpholine rings is 1.